The lowest BCUT2D eigenvalue weighted by Gasteiger charge is -2.32. The van der Waals surface area contributed by atoms with Crippen molar-refractivity contribution in [3.63, 3.8) is 0 Å². The maximum Gasteiger partial charge on any atom is 0.251 e. The molecule has 0 saturated heterocycles. The van der Waals surface area contributed by atoms with Gasteiger partial charge in [-0.05, 0) is 54.4 Å². The van der Waals surface area contributed by atoms with E-state index in [1.807, 2.05) is 55.5 Å². The summed E-state index contributed by atoms with van der Waals surface area (Å²) in [5, 5.41) is 11.4. The molecule has 0 fully saturated rings. The molecule has 4 aromatic carbocycles. The molecule has 0 bridgehead atoms. The minimum absolute atomic E-state index is 0.113. The second kappa shape index (κ2) is 13.1. The lowest BCUT2D eigenvalue weighted by atomic mass is 10.0. The van der Waals surface area contributed by atoms with Crippen molar-refractivity contribution in [3.05, 3.63) is 108 Å². The number of fused-ring (bicyclic) bond motifs is 1. The zero-order valence-corrected chi connectivity index (χ0v) is 24.5. The summed E-state index contributed by atoms with van der Waals surface area (Å²) in [4.78, 5) is 30.0. The van der Waals surface area contributed by atoms with Crippen LogP contribution >= 0.6 is 0 Å². The number of methoxy groups -OCH3 is 3. The Hall–Kier alpha value is -5.38. The van der Waals surface area contributed by atoms with Crippen LogP contribution in [-0.4, -0.2) is 53.0 Å². The largest absolute Gasteiger partial charge is 0.497 e. The van der Waals surface area contributed by atoms with Crippen LogP contribution in [0.25, 0.3) is 11.0 Å². The summed E-state index contributed by atoms with van der Waals surface area (Å²) in [6.07, 6.45) is 0. The molecule has 1 atom stereocenters. The first-order chi connectivity index (χ1) is 20.9. The number of hydrogen-bond donors (Lipinski definition) is 1. The SMILES string of the molecule is COc1ccc([C@H](C(=O)Nc2ccc(OC)cc2OC)N(Cc2ccc(C)cc2)C(=O)Cn2nnc3ccccc32)cc1. The molecule has 5 rings (SSSR count). The number of hydrogen-bond acceptors (Lipinski definition) is 7. The molecule has 1 aromatic heterocycles. The van der Waals surface area contributed by atoms with E-state index < -0.39 is 11.9 Å². The maximum atomic E-state index is 14.2. The van der Waals surface area contributed by atoms with Gasteiger partial charge in [0, 0.05) is 12.6 Å². The van der Waals surface area contributed by atoms with E-state index in [0.717, 1.165) is 16.6 Å². The first-order valence-electron chi connectivity index (χ1n) is 13.7. The number of nitrogens with one attached hydrogen (secondary N) is 1. The van der Waals surface area contributed by atoms with Crippen molar-refractivity contribution in [1.29, 1.82) is 0 Å². The number of para-hydroxylation sites is 1. The minimum Gasteiger partial charge on any atom is -0.497 e. The third-order valence-corrected chi connectivity index (χ3v) is 7.16. The zero-order chi connectivity index (χ0) is 30.3. The highest BCUT2D eigenvalue weighted by Gasteiger charge is 2.33. The van der Waals surface area contributed by atoms with Gasteiger partial charge in [-0.1, -0.05) is 59.3 Å². The van der Waals surface area contributed by atoms with Crippen LogP contribution in [-0.2, 0) is 22.7 Å². The Morgan fingerprint density at radius 3 is 2.26 bits per heavy atom. The topological polar surface area (TPSA) is 108 Å². The van der Waals surface area contributed by atoms with Gasteiger partial charge in [0.25, 0.3) is 5.91 Å². The van der Waals surface area contributed by atoms with Crippen molar-refractivity contribution in [3.8, 4) is 17.2 Å². The Morgan fingerprint density at radius 1 is 0.860 bits per heavy atom. The second-order valence-corrected chi connectivity index (χ2v) is 9.97. The summed E-state index contributed by atoms with van der Waals surface area (Å²) in [7, 11) is 4.64. The highest BCUT2D eigenvalue weighted by Crippen LogP contribution is 2.32. The Balaban J connectivity index is 1.57. The van der Waals surface area contributed by atoms with E-state index in [2.05, 4.69) is 15.6 Å². The summed E-state index contributed by atoms with van der Waals surface area (Å²) in [6, 6.07) is 26.5. The molecule has 0 aliphatic carbocycles. The van der Waals surface area contributed by atoms with Crippen LogP contribution in [0.4, 0.5) is 5.69 Å². The predicted molar refractivity (Wildman–Crippen MR) is 163 cm³/mol. The molecule has 0 aliphatic heterocycles. The summed E-state index contributed by atoms with van der Waals surface area (Å²) in [6.45, 7) is 2.06. The monoisotopic (exact) mass is 579 g/mol. The molecule has 10 nitrogen and oxygen atoms in total. The van der Waals surface area contributed by atoms with E-state index in [-0.39, 0.29) is 19.0 Å². The van der Waals surface area contributed by atoms with Crippen LogP contribution in [0.15, 0.2) is 91.0 Å². The van der Waals surface area contributed by atoms with E-state index in [4.69, 9.17) is 14.2 Å². The summed E-state index contributed by atoms with van der Waals surface area (Å²) < 4.78 is 17.7. The number of amides is 2. The Morgan fingerprint density at radius 2 is 1.56 bits per heavy atom. The fraction of sp³-hybridized carbons (Fsp3) is 0.212. The number of rotatable bonds is 11. The van der Waals surface area contributed by atoms with E-state index >= 15 is 0 Å². The lowest BCUT2D eigenvalue weighted by molar-refractivity contribution is -0.140. The van der Waals surface area contributed by atoms with E-state index in [1.54, 1.807) is 66.3 Å². The first-order valence-corrected chi connectivity index (χ1v) is 13.7. The molecule has 0 unspecified atom stereocenters. The van der Waals surface area contributed by atoms with Crippen molar-refractivity contribution in [2.75, 3.05) is 26.6 Å². The molecule has 1 heterocycles. The average Bonchev–Trinajstić information content (AvgIpc) is 3.44. The van der Waals surface area contributed by atoms with Gasteiger partial charge in [0.05, 0.1) is 32.5 Å². The Kier molecular flexibility index (Phi) is 8.85. The molecule has 5 aromatic rings. The number of ether oxygens (including phenoxy) is 3. The molecule has 43 heavy (non-hydrogen) atoms. The molecular formula is C33H33N5O5. The van der Waals surface area contributed by atoms with Crippen molar-refractivity contribution in [2.45, 2.75) is 26.1 Å². The zero-order valence-electron chi connectivity index (χ0n) is 24.5. The van der Waals surface area contributed by atoms with Crippen LogP contribution in [0.2, 0.25) is 0 Å². The number of carbonyl (C=O) groups is 2. The summed E-state index contributed by atoms with van der Waals surface area (Å²) in [5.41, 5.74) is 4.41. The number of carbonyl (C=O) groups excluding carboxylic acids is 2. The van der Waals surface area contributed by atoms with Gasteiger partial charge in [0.2, 0.25) is 5.91 Å². The van der Waals surface area contributed by atoms with E-state index in [1.165, 1.54) is 7.11 Å². The van der Waals surface area contributed by atoms with Gasteiger partial charge in [0.1, 0.15) is 35.4 Å². The predicted octanol–water partition coefficient (Wildman–Crippen LogP) is 5.17. The normalized spacial score (nSPS) is 11.5. The van der Waals surface area contributed by atoms with Gasteiger partial charge >= 0.3 is 0 Å². The van der Waals surface area contributed by atoms with Crippen LogP contribution in [0.3, 0.4) is 0 Å². The Bertz CT molecular complexity index is 1720. The number of benzene rings is 4. The van der Waals surface area contributed by atoms with Gasteiger partial charge in [-0.3, -0.25) is 9.59 Å². The lowest BCUT2D eigenvalue weighted by Crippen LogP contribution is -2.42. The molecule has 0 radical (unpaired) electrons. The molecular weight excluding hydrogens is 546 g/mol. The summed E-state index contributed by atoms with van der Waals surface area (Å²) in [5.74, 6) is 0.904. The fourth-order valence-corrected chi connectivity index (χ4v) is 4.83. The van der Waals surface area contributed by atoms with Crippen LogP contribution in [0, 0.1) is 6.92 Å². The highest BCUT2D eigenvalue weighted by molar-refractivity contribution is 5.99. The Labute approximate surface area is 249 Å². The number of aromatic nitrogens is 3. The van der Waals surface area contributed by atoms with Gasteiger partial charge in [-0.15, -0.1) is 5.10 Å². The smallest absolute Gasteiger partial charge is 0.251 e. The number of nitrogens with zero attached hydrogens (tertiary/aromatic N) is 4. The maximum absolute atomic E-state index is 14.2. The molecule has 0 aliphatic rings. The fourth-order valence-electron chi connectivity index (χ4n) is 4.83. The van der Waals surface area contributed by atoms with E-state index in [0.29, 0.717) is 34.0 Å². The number of aryl methyl sites for hydroxylation is 1. The van der Waals surface area contributed by atoms with Crippen molar-refractivity contribution >= 4 is 28.5 Å². The third kappa shape index (κ3) is 6.59. The van der Waals surface area contributed by atoms with E-state index in [9.17, 15) is 9.59 Å². The van der Waals surface area contributed by atoms with Crippen LogP contribution in [0.1, 0.15) is 22.7 Å². The third-order valence-electron chi connectivity index (χ3n) is 7.16. The van der Waals surface area contributed by atoms with Crippen LogP contribution in [0.5, 0.6) is 17.2 Å². The molecule has 1 N–H and O–H groups in total. The quantitative estimate of drug-likeness (QED) is 0.230. The standard InChI is InChI=1S/C33H33N5O5/c1-22-9-11-23(12-10-22)20-37(31(39)21-38-29-8-6-5-7-27(29)35-36-38)32(24-13-15-25(41-2)16-14-24)33(40)34-28-18-17-26(42-3)19-30(28)43-4/h5-19,32H,20-21H2,1-4H3,(H,34,40)/t32-/m1/s1. The molecule has 2 amide bonds. The van der Waals surface area contributed by atoms with Crippen molar-refractivity contribution in [1.82, 2.24) is 19.9 Å². The minimum atomic E-state index is -1.01. The van der Waals surface area contributed by atoms with Crippen LogP contribution < -0.4 is 19.5 Å². The molecule has 10 heteroatoms. The van der Waals surface area contributed by atoms with Gasteiger partial charge in [-0.25, -0.2) is 4.68 Å². The van der Waals surface area contributed by atoms with Crippen molar-refractivity contribution < 1.29 is 23.8 Å². The molecule has 0 saturated carbocycles. The number of anilines is 1. The van der Waals surface area contributed by atoms with Gasteiger partial charge in [0.15, 0.2) is 0 Å². The first kappa shape index (κ1) is 29.1. The van der Waals surface area contributed by atoms with Gasteiger partial charge in [-0.2, -0.15) is 0 Å². The summed E-state index contributed by atoms with van der Waals surface area (Å²) >= 11 is 0. The molecule has 220 valence electrons. The average molecular weight is 580 g/mol. The second-order valence-electron chi connectivity index (χ2n) is 9.97. The van der Waals surface area contributed by atoms with Gasteiger partial charge < -0.3 is 24.4 Å². The van der Waals surface area contributed by atoms with Crippen molar-refractivity contribution in [2.24, 2.45) is 0 Å². The molecule has 0 spiro atoms. The highest BCUT2D eigenvalue weighted by atomic mass is 16.5.